The lowest BCUT2D eigenvalue weighted by atomic mass is 9.84. The minimum Gasteiger partial charge on any atom is -0.493 e. The van der Waals surface area contributed by atoms with Crippen molar-refractivity contribution < 1.29 is 5.11 Å². The number of likely N-dealkylation sites (N-methyl/N-ethyl adjacent to an activating group) is 1. The Kier molecular flexibility index (Phi) is 5.02. The van der Waals surface area contributed by atoms with Crippen LogP contribution in [0.1, 0.15) is 30.5 Å². The quantitative estimate of drug-likeness (QED) is 0.687. The molecule has 1 aliphatic heterocycles. The summed E-state index contributed by atoms with van der Waals surface area (Å²) in [6.07, 6.45) is 3.62. The van der Waals surface area contributed by atoms with Gasteiger partial charge in [0.2, 0.25) is 5.88 Å². The van der Waals surface area contributed by atoms with Crippen LogP contribution in [-0.2, 0) is 5.41 Å². The lowest BCUT2D eigenvalue weighted by molar-refractivity contribution is 0.432. The van der Waals surface area contributed by atoms with Crippen LogP contribution < -0.4 is 20.9 Å². The molecule has 0 saturated carbocycles. The Morgan fingerprint density at radius 3 is 2.31 bits per heavy atom. The number of benzene rings is 2. The molecule has 3 aromatic rings. The topological polar surface area (TPSA) is 69.3 Å². The minimum absolute atomic E-state index is 0.0141. The molecule has 5 nitrogen and oxygen atoms in total. The Hall–Kier alpha value is -4.04. The van der Waals surface area contributed by atoms with E-state index in [4.69, 9.17) is 0 Å². The van der Waals surface area contributed by atoms with E-state index in [1.54, 1.807) is 18.2 Å². The van der Waals surface area contributed by atoms with Gasteiger partial charge in [-0.1, -0.05) is 56.8 Å². The maximum Gasteiger partial charge on any atom is 0.265 e. The molecule has 0 saturated heterocycles. The first kappa shape index (κ1) is 21.2. The molecule has 0 fully saturated rings. The number of rotatable bonds is 2. The Morgan fingerprint density at radius 2 is 1.69 bits per heavy atom. The predicted octanol–water partition coefficient (Wildman–Crippen LogP) is 3.23. The third kappa shape index (κ3) is 3.04. The fourth-order valence-electron chi connectivity index (χ4n) is 4.52. The zero-order valence-corrected chi connectivity index (χ0v) is 18.7. The molecule has 4 rings (SSSR count). The molecule has 0 bridgehead atoms. The van der Waals surface area contributed by atoms with Gasteiger partial charge >= 0.3 is 0 Å². The number of aromatic hydroxyl groups is 1. The van der Waals surface area contributed by atoms with Crippen molar-refractivity contribution in [1.29, 1.82) is 5.26 Å². The van der Waals surface area contributed by atoms with E-state index in [1.807, 2.05) is 50.4 Å². The number of aryl methyl sites for hydroxylation is 1. The van der Waals surface area contributed by atoms with E-state index in [0.29, 0.717) is 5.69 Å². The number of nitrogens with zero attached hydrogens (tertiary/aromatic N) is 3. The Balaban J connectivity index is 2.01. The van der Waals surface area contributed by atoms with Crippen LogP contribution in [0.4, 0.5) is 5.69 Å². The van der Waals surface area contributed by atoms with Crippen molar-refractivity contribution in [2.75, 3.05) is 11.9 Å². The second-order valence-corrected chi connectivity index (χ2v) is 8.55. The van der Waals surface area contributed by atoms with Crippen LogP contribution in [0.25, 0.3) is 18.3 Å². The largest absolute Gasteiger partial charge is 0.493 e. The molecular weight excluding hydrogens is 398 g/mol. The molecule has 1 N–H and O–H groups in total. The Labute approximate surface area is 187 Å². The second-order valence-electron chi connectivity index (χ2n) is 8.55. The zero-order chi connectivity index (χ0) is 23.2. The van der Waals surface area contributed by atoms with Gasteiger partial charge in [0.25, 0.3) is 5.56 Å². The number of allylic oxidation sites excluding steroid dienone is 2. The average molecular weight is 424 g/mol. The van der Waals surface area contributed by atoms with Crippen molar-refractivity contribution in [3.05, 3.63) is 97.8 Å². The van der Waals surface area contributed by atoms with Crippen LogP contribution in [-0.4, -0.2) is 16.7 Å². The third-order valence-corrected chi connectivity index (χ3v) is 6.31. The van der Waals surface area contributed by atoms with Crippen LogP contribution in [0, 0.1) is 18.3 Å². The van der Waals surface area contributed by atoms with Gasteiger partial charge in [-0.15, -0.1) is 0 Å². The highest BCUT2D eigenvalue weighted by Crippen LogP contribution is 2.46. The monoisotopic (exact) mass is 423 g/mol. The Morgan fingerprint density at radius 1 is 1.06 bits per heavy atom. The molecule has 5 heteroatoms. The van der Waals surface area contributed by atoms with Gasteiger partial charge in [-0.25, -0.2) is 4.57 Å². The van der Waals surface area contributed by atoms with E-state index >= 15 is 0 Å². The van der Waals surface area contributed by atoms with Gasteiger partial charge in [0.1, 0.15) is 11.6 Å². The highest BCUT2D eigenvalue weighted by molar-refractivity contribution is 5.71. The molecule has 1 aliphatic rings. The molecule has 32 heavy (non-hydrogen) atoms. The molecule has 0 aliphatic carbocycles. The second kappa shape index (κ2) is 7.58. The normalized spacial score (nSPS) is 16.3. The number of pyridine rings is 1. The summed E-state index contributed by atoms with van der Waals surface area (Å²) in [6, 6.07) is 17.5. The lowest BCUT2D eigenvalue weighted by Crippen LogP contribution is -2.45. The summed E-state index contributed by atoms with van der Waals surface area (Å²) in [7, 11) is 2.00. The Bertz CT molecular complexity index is 1490. The molecule has 0 amide bonds. The molecule has 2 aromatic carbocycles. The summed E-state index contributed by atoms with van der Waals surface area (Å²) in [6.45, 7) is 10.1. The average Bonchev–Trinajstić information content (AvgIpc) is 2.96. The van der Waals surface area contributed by atoms with Crippen molar-refractivity contribution in [2.45, 2.75) is 26.2 Å². The number of fused-ring (bicyclic) bond motifs is 1. The van der Waals surface area contributed by atoms with E-state index in [1.165, 1.54) is 10.1 Å². The van der Waals surface area contributed by atoms with Gasteiger partial charge < -0.3 is 10.0 Å². The summed E-state index contributed by atoms with van der Waals surface area (Å²) in [5.41, 5.74) is 3.99. The number of hydrogen-bond acceptors (Lipinski definition) is 4. The van der Waals surface area contributed by atoms with E-state index in [-0.39, 0.29) is 21.4 Å². The van der Waals surface area contributed by atoms with Gasteiger partial charge in [0.15, 0.2) is 0 Å². The highest BCUT2D eigenvalue weighted by Gasteiger charge is 2.37. The smallest absolute Gasteiger partial charge is 0.265 e. The summed E-state index contributed by atoms with van der Waals surface area (Å²) < 4.78 is 1.19. The van der Waals surface area contributed by atoms with Gasteiger partial charge in [0.05, 0.1) is 5.69 Å². The maximum atomic E-state index is 13.5. The molecule has 0 radical (unpaired) electrons. The van der Waals surface area contributed by atoms with Crippen molar-refractivity contribution in [2.24, 2.45) is 0 Å². The molecule has 2 heterocycles. The van der Waals surface area contributed by atoms with Crippen LogP contribution in [0.3, 0.4) is 0 Å². The number of hydrogen-bond donors (Lipinski definition) is 1. The summed E-state index contributed by atoms with van der Waals surface area (Å²) in [5, 5.41) is 20.9. The first-order valence-corrected chi connectivity index (χ1v) is 10.4. The minimum atomic E-state index is -0.423. The third-order valence-electron chi connectivity index (χ3n) is 6.31. The summed E-state index contributed by atoms with van der Waals surface area (Å²) in [5.74, 6) is -0.396. The number of para-hydroxylation sites is 2. The molecule has 1 aromatic heterocycles. The SMILES string of the molecule is C=c1c(C#N)c(O)n(-c2ccccc2C)c(=O)/c1=C/C=C1\N(C)c2ccccc2C1(C)C. The van der Waals surface area contributed by atoms with Gasteiger partial charge in [-0.3, -0.25) is 4.79 Å². The van der Waals surface area contributed by atoms with Crippen molar-refractivity contribution in [3.8, 4) is 17.6 Å². The fraction of sp³-hybridized carbons (Fsp3) is 0.185. The number of aromatic nitrogens is 1. The molecule has 0 atom stereocenters. The predicted molar refractivity (Wildman–Crippen MR) is 128 cm³/mol. The van der Waals surface area contributed by atoms with Crippen molar-refractivity contribution in [1.82, 2.24) is 4.57 Å². The number of nitriles is 1. The van der Waals surface area contributed by atoms with Crippen molar-refractivity contribution >= 4 is 18.3 Å². The summed E-state index contributed by atoms with van der Waals surface area (Å²) >= 11 is 0. The first-order valence-electron chi connectivity index (χ1n) is 10.4. The highest BCUT2D eigenvalue weighted by atomic mass is 16.3. The van der Waals surface area contributed by atoms with Crippen LogP contribution in [0.5, 0.6) is 5.88 Å². The van der Waals surface area contributed by atoms with Crippen LogP contribution >= 0.6 is 0 Å². The van der Waals surface area contributed by atoms with Crippen LogP contribution in [0.15, 0.2) is 65.1 Å². The maximum absolute atomic E-state index is 13.5. The van der Waals surface area contributed by atoms with E-state index in [2.05, 4.69) is 37.5 Å². The standard InChI is InChI=1S/C27H25N3O2/c1-17-10-6-8-12-22(17)30-25(31)19(18(2)20(16-28)26(30)32)14-15-24-27(3,4)21-11-7-9-13-23(21)29(24)5/h6-15,32H,2H2,1,3-5H3/b19-14+,24-15-. The van der Waals surface area contributed by atoms with E-state index < -0.39 is 11.4 Å². The van der Waals surface area contributed by atoms with Gasteiger partial charge in [-0.05, 0) is 42.3 Å². The molecule has 0 spiro atoms. The van der Waals surface area contributed by atoms with Gasteiger partial charge in [-0.2, -0.15) is 5.26 Å². The molecule has 160 valence electrons. The van der Waals surface area contributed by atoms with E-state index in [0.717, 1.165) is 16.9 Å². The molecule has 0 unspecified atom stereocenters. The fourth-order valence-corrected chi connectivity index (χ4v) is 4.52. The molecular formula is C27H25N3O2. The van der Waals surface area contributed by atoms with Crippen molar-refractivity contribution in [3.63, 3.8) is 0 Å². The summed E-state index contributed by atoms with van der Waals surface area (Å²) in [4.78, 5) is 15.6. The zero-order valence-electron chi connectivity index (χ0n) is 18.7. The van der Waals surface area contributed by atoms with Crippen LogP contribution in [0.2, 0.25) is 0 Å². The van der Waals surface area contributed by atoms with Gasteiger partial charge in [0, 0.05) is 34.3 Å². The number of anilines is 1. The lowest BCUT2D eigenvalue weighted by Gasteiger charge is -2.23. The van der Waals surface area contributed by atoms with E-state index in [9.17, 15) is 15.2 Å². The first-order chi connectivity index (χ1) is 15.2.